The Morgan fingerprint density at radius 3 is 2.64 bits per heavy atom. The van der Waals surface area contributed by atoms with Crippen molar-refractivity contribution in [3.05, 3.63) is 82.0 Å². The summed E-state index contributed by atoms with van der Waals surface area (Å²) in [6.45, 7) is 1.97. The number of aryl methyl sites for hydroxylation is 1. The van der Waals surface area contributed by atoms with E-state index < -0.39 is 11.7 Å². The maximum Gasteiger partial charge on any atom is 0.291 e. The van der Waals surface area contributed by atoms with Gasteiger partial charge in [-0.05, 0) is 61.0 Å². The molecular weight excluding hydrogens is 389 g/mol. The second-order valence-corrected chi connectivity index (χ2v) is 6.36. The van der Waals surface area contributed by atoms with Gasteiger partial charge < -0.3 is 14.5 Å². The highest BCUT2D eigenvalue weighted by Gasteiger charge is 2.14. The number of ether oxygens (including phenoxy) is 1. The van der Waals surface area contributed by atoms with Crippen molar-refractivity contribution in [3.63, 3.8) is 0 Å². The fraction of sp³-hybridized carbons (Fsp3) is 0.105. The van der Waals surface area contributed by atoms with Crippen LogP contribution in [0, 0.1) is 12.7 Å². The van der Waals surface area contributed by atoms with Gasteiger partial charge in [-0.3, -0.25) is 4.79 Å². The van der Waals surface area contributed by atoms with E-state index in [0.717, 1.165) is 10.0 Å². The molecule has 0 saturated carbocycles. The zero-order chi connectivity index (χ0) is 17.8. The van der Waals surface area contributed by atoms with E-state index in [0.29, 0.717) is 11.5 Å². The van der Waals surface area contributed by atoms with Gasteiger partial charge in [0.2, 0.25) is 0 Å². The van der Waals surface area contributed by atoms with Gasteiger partial charge in [0.05, 0.1) is 5.69 Å². The van der Waals surface area contributed by atoms with Crippen LogP contribution in [0.25, 0.3) is 0 Å². The van der Waals surface area contributed by atoms with Crippen LogP contribution in [0.15, 0.2) is 63.5 Å². The largest absolute Gasteiger partial charge is 0.486 e. The monoisotopic (exact) mass is 403 g/mol. The molecule has 0 fully saturated rings. The summed E-state index contributed by atoms with van der Waals surface area (Å²) in [6, 6.07) is 15.2. The van der Waals surface area contributed by atoms with Gasteiger partial charge in [-0.1, -0.05) is 22.0 Å². The molecule has 1 N–H and O–H groups in total. The third-order valence-corrected chi connectivity index (χ3v) is 3.98. The molecule has 0 aliphatic heterocycles. The van der Waals surface area contributed by atoms with E-state index in [1.807, 2.05) is 24.3 Å². The van der Waals surface area contributed by atoms with Crippen LogP contribution in [-0.2, 0) is 6.61 Å². The highest BCUT2D eigenvalue weighted by molar-refractivity contribution is 9.10. The maximum absolute atomic E-state index is 13.8. The van der Waals surface area contributed by atoms with Crippen LogP contribution >= 0.6 is 15.9 Å². The molecule has 0 radical (unpaired) electrons. The number of carbonyl (C=O) groups excluding carboxylic acids is 1. The molecule has 1 amide bonds. The Bertz CT molecular complexity index is 890. The molecule has 25 heavy (non-hydrogen) atoms. The molecule has 6 heteroatoms. The highest BCUT2D eigenvalue weighted by atomic mass is 79.9. The van der Waals surface area contributed by atoms with Crippen molar-refractivity contribution in [2.75, 3.05) is 5.32 Å². The van der Waals surface area contributed by atoms with Crippen molar-refractivity contribution in [1.82, 2.24) is 0 Å². The van der Waals surface area contributed by atoms with Gasteiger partial charge in [0, 0.05) is 4.47 Å². The molecule has 0 atom stereocenters. The van der Waals surface area contributed by atoms with Crippen molar-refractivity contribution in [2.45, 2.75) is 13.5 Å². The van der Waals surface area contributed by atoms with Crippen molar-refractivity contribution in [1.29, 1.82) is 0 Å². The lowest BCUT2D eigenvalue weighted by molar-refractivity contribution is 0.0992. The third kappa shape index (κ3) is 4.48. The third-order valence-electron chi connectivity index (χ3n) is 3.45. The lowest BCUT2D eigenvalue weighted by atomic mass is 10.2. The van der Waals surface area contributed by atoms with Crippen molar-refractivity contribution in [3.8, 4) is 5.75 Å². The van der Waals surface area contributed by atoms with Crippen LogP contribution < -0.4 is 10.1 Å². The number of amides is 1. The van der Waals surface area contributed by atoms with Crippen LogP contribution in [0.2, 0.25) is 0 Å². The Balaban J connectivity index is 1.62. The number of furan rings is 1. The first kappa shape index (κ1) is 17.2. The quantitative estimate of drug-likeness (QED) is 0.626. The molecule has 2 aromatic carbocycles. The molecule has 3 aromatic rings. The van der Waals surface area contributed by atoms with Gasteiger partial charge in [0.15, 0.2) is 5.76 Å². The molecule has 0 unspecified atom stereocenters. The summed E-state index contributed by atoms with van der Waals surface area (Å²) < 4.78 is 25.8. The topological polar surface area (TPSA) is 51.5 Å². The Morgan fingerprint density at radius 1 is 1.16 bits per heavy atom. The number of carbonyl (C=O) groups is 1. The summed E-state index contributed by atoms with van der Waals surface area (Å²) in [7, 11) is 0. The predicted molar refractivity (Wildman–Crippen MR) is 96.3 cm³/mol. The number of anilines is 1. The van der Waals surface area contributed by atoms with E-state index in [1.54, 1.807) is 19.1 Å². The second-order valence-electron chi connectivity index (χ2n) is 5.45. The lowest BCUT2D eigenvalue weighted by Crippen LogP contribution is -2.12. The van der Waals surface area contributed by atoms with Crippen LogP contribution in [0.4, 0.5) is 10.1 Å². The van der Waals surface area contributed by atoms with E-state index in [2.05, 4.69) is 21.2 Å². The van der Waals surface area contributed by atoms with E-state index in [4.69, 9.17) is 9.15 Å². The molecule has 0 aliphatic carbocycles. The molecule has 1 heterocycles. The minimum Gasteiger partial charge on any atom is -0.486 e. The fourth-order valence-corrected chi connectivity index (χ4v) is 2.43. The molecule has 3 rings (SSSR count). The van der Waals surface area contributed by atoms with Crippen molar-refractivity contribution in [2.24, 2.45) is 0 Å². The zero-order valence-electron chi connectivity index (χ0n) is 13.4. The summed E-state index contributed by atoms with van der Waals surface area (Å²) in [6.07, 6.45) is 0. The average molecular weight is 404 g/mol. The second kappa shape index (κ2) is 7.53. The van der Waals surface area contributed by atoms with Crippen LogP contribution in [0.5, 0.6) is 5.75 Å². The number of benzene rings is 2. The van der Waals surface area contributed by atoms with E-state index in [-0.39, 0.29) is 18.1 Å². The van der Waals surface area contributed by atoms with Crippen molar-refractivity contribution >= 4 is 27.5 Å². The lowest BCUT2D eigenvalue weighted by Gasteiger charge is -2.06. The van der Waals surface area contributed by atoms with E-state index >= 15 is 0 Å². The molecule has 128 valence electrons. The number of hydrogen-bond donors (Lipinski definition) is 1. The van der Waals surface area contributed by atoms with Crippen LogP contribution in [-0.4, -0.2) is 5.91 Å². The van der Waals surface area contributed by atoms with Gasteiger partial charge in [0.1, 0.15) is 23.9 Å². The molecule has 0 saturated heterocycles. The summed E-state index contributed by atoms with van der Waals surface area (Å²) in [4.78, 5) is 12.2. The Labute approximate surface area is 152 Å². The van der Waals surface area contributed by atoms with Crippen molar-refractivity contribution < 1.29 is 18.3 Å². The Morgan fingerprint density at radius 2 is 1.92 bits per heavy atom. The van der Waals surface area contributed by atoms with E-state index in [9.17, 15) is 9.18 Å². The normalized spacial score (nSPS) is 10.5. The number of rotatable bonds is 5. The zero-order valence-corrected chi connectivity index (χ0v) is 15.0. The van der Waals surface area contributed by atoms with Gasteiger partial charge in [-0.2, -0.15) is 0 Å². The minimum atomic E-state index is -0.516. The molecule has 0 bridgehead atoms. The van der Waals surface area contributed by atoms with Gasteiger partial charge in [-0.25, -0.2) is 4.39 Å². The molecule has 4 nitrogen and oxygen atoms in total. The standard InChI is InChI=1S/C19H15BrFNO3/c1-12-2-8-17(16(21)10-12)22-19(23)18-9-7-15(25-18)11-24-14-5-3-13(20)4-6-14/h2-10H,11H2,1H3,(H,22,23). The first-order chi connectivity index (χ1) is 12.0. The van der Waals surface area contributed by atoms with Crippen LogP contribution in [0.3, 0.4) is 0 Å². The van der Waals surface area contributed by atoms with E-state index in [1.165, 1.54) is 18.2 Å². The molecule has 1 aromatic heterocycles. The van der Waals surface area contributed by atoms with Gasteiger partial charge in [0.25, 0.3) is 5.91 Å². The smallest absolute Gasteiger partial charge is 0.291 e. The molecular formula is C19H15BrFNO3. The average Bonchev–Trinajstić information content (AvgIpc) is 3.06. The SMILES string of the molecule is Cc1ccc(NC(=O)c2ccc(COc3ccc(Br)cc3)o2)c(F)c1. The number of halogens is 2. The predicted octanol–water partition coefficient (Wildman–Crippen LogP) is 5.32. The molecule has 0 spiro atoms. The summed E-state index contributed by atoms with van der Waals surface area (Å²) in [5.74, 6) is 0.274. The summed E-state index contributed by atoms with van der Waals surface area (Å²) in [5.41, 5.74) is 0.889. The first-order valence-electron chi connectivity index (χ1n) is 7.56. The maximum atomic E-state index is 13.8. The number of hydrogen-bond acceptors (Lipinski definition) is 3. The fourth-order valence-electron chi connectivity index (χ4n) is 2.17. The highest BCUT2D eigenvalue weighted by Crippen LogP contribution is 2.19. The van der Waals surface area contributed by atoms with Gasteiger partial charge >= 0.3 is 0 Å². The minimum absolute atomic E-state index is 0.0920. The number of nitrogens with one attached hydrogen (secondary N) is 1. The van der Waals surface area contributed by atoms with Crippen LogP contribution in [0.1, 0.15) is 21.9 Å². The Kier molecular flexibility index (Phi) is 5.19. The first-order valence-corrected chi connectivity index (χ1v) is 8.35. The van der Waals surface area contributed by atoms with Gasteiger partial charge in [-0.15, -0.1) is 0 Å². The summed E-state index contributed by atoms with van der Waals surface area (Å²) in [5, 5.41) is 2.49. The molecule has 0 aliphatic rings. The summed E-state index contributed by atoms with van der Waals surface area (Å²) >= 11 is 3.35. The Hall–Kier alpha value is -2.60.